The van der Waals surface area contributed by atoms with E-state index in [2.05, 4.69) is 0 Å². The minimum absolute atomic E-state index is 0.0402. The van der Waals surface area contributed by atoms with Crippen molar-refractivity contribution < 1.29 is 14.2 Å². The Balaban J connectivity index is 2.71. The second-order valence-corrected chi connectivity index (χ2v) is 4.42. The first-order valence-electron chi connectivity index (χ1n) is 6.34. The minimum atomic E-state index is -0.0402. The van der Waals surface area contributed by atoms with Gasteiger partial charge in [-0.3, -0.25) is 0 Å². The second-order valence-electron chi connectivity index (χ2n) is 4.42. The quantitative estimate of drug-likeness (QED) is 0.759. The maximum absolute atomic E-state index is 6.02. The molecule has 0 radical (unpaired) electrons. The molecule has 18 heavy (non-hydrogen) atoms. The Bertz CT molecular complexity index is 366. The van der Waals surface area contributed by atoms with Gasteiger partial charge in [-0.05, 0) is 39.8 Å². The summed E-state index contributed by atoms with van der Waals surface area (Å²) < 4.78 is 16.7. The molecule has 102 valence electrons. The molecule has 1 aromatic rings. The van der Waals surface area contributed by atoms with E-state index < -0.39 is 0 Å². The van der Waals surface area contributed by atoms with Crippen LogP contribution in [0, 0.1) is 0 Å². The molecule has 1 aromatic carbocycles. The average molecular weight is 253 g/mol. The van der Waals surface area contributed by atoms with Gasteiger partial charge < -0.3 is 19.9 Å². The lowest BCUT2D eigenvalue weighted by atomic mass is 10.2. The van der Waals surface area contributed by atoms with Gasteiger partial charge in [-0.1, -0.05) is 6.07 Å². The normalized spacial score (nSPS) is 12.5. The molecule has 1 rings (SSSR count). The van der Waals surface area contributed by atoms with Crippen LogP contribution in [0.15, 0.2) is 18.2 Å². The summed E-state index contributed by atoms with van der Waals surface area (Å²) >= 11 is 0. The van der Waals surface area contributed by atoms with Gasteiger partial charge >= 0.3 is 0 Å². The molecule has 0 fully saturated rings. The Kier molecular flexibility index (Phi) is 5.78. The SMILES string of the molecule is CCOCC(C)Oc1cccc(OC(C)C)c1N. The summed E-state index contributed by atoms with van der Waals surface area (Å²) in [4.78, 5) is 0. The summed E-state index contributed by atoms with van der Waals surface area (Å²) in [7, 11) is 0. The molecule has 4 heteroatoms. The van der Waals surface area contributed by atoms with E-state index in [1.807, 2.05) is 45.9 Å². The standard InChI is InChI=1S/C14H23NO3/c1-5-16-9-11(4)18-13-8-6-7-12(14(13)15)17-10(2)3/h6-8,10-11H,5,9,15H2,1-4H3. The molecule has 0 saturated carbocycles. The summed E-state index contributed by atoms with van der Waals surface area (Å²) in [6.07, 6.45) is 0.0462. The largest absolute Gasteiger partial charge is 0.489 e. The minimum Gasteiger partial charge on any atom is -0.489 e. The van der Waals surface area contributed by atoms with Crippen LogP contribution in [0.2, 0.25) is 0 Å². The zero-order valence-electron chi connectivity index (χ0n) is 11.6. The van der Waals surface area contributed by atoms with Gasteiger partial charge in [0.25, 0.3) is 0 Å². The molecule has 4 nitrogen and oxygen atoms in total. The fraction of sp³-hybridized carbons (Fsp3) is 0.571. The number of nitrogen functional groups attached to an aromatic ring is 1. The number of ether oxygens (including phenoxy) is 3. The summed E-state index contributed by atoms with van der Waals surface area (Å²) in [6.45, 7) is 9.06. The fourth-order valence-corrected chi connectivity index (χ4v) is 1.52. The molecule has 0 heterocycles. The number of hydrogen-bond acceptors (Lipinski definition) is 4. The highest BCUT2D eigenvalue weighted by Gasteiger charge is 2.11. The van der Waals surface area contributed by atoms with Crippen LogP contribution in [0.1, 0.15) is 27.7 Å². The Morgan fingerprint density at radius 1 is 1.11 bits per heavy atom. The fourth-order valence-electron chi connectivity index (χ4n) is 1.52. The van der Waals surface area contributed by atoms with Gasteiger partial charge in [0.2, 0.25) is 0 Å². The van der Waals surface area contributed by atoms with Crippen molar-refractivity contribution in [2.75, 3.05) is 18.9 Å². The van der Waals surface area contributed by atoms with E-state index in [-0.39, 0.29) is 12.2 Å². The molecule has 1 unspecified atom stereocenters. The zero-order chi connectivity index (χ0) is 13.5. The average Bonchev–Trinajstić information content (AvgIpc) is 2.31. The van der Waals surface area contributed by atoms with Crippen LogP contribution < -0.4 is 15.2 Å². The molecule has 0 saturated heterocycles. The molecule has 0 bridgehead atoms. The van der Waals surface area contributed by atoms with E-state index in [0.29, 0.717) is 30.4 Å². The number of anilines is 1. The highest BCUT2D eigenvalue weighted by atomic mass is 16.5. The van der Waals surface area contributed by atoms with E-state index in [9.17, 15) is 0 Å². The first-order valence-corrected chi connectivity index (χ1v) is 6.34. The molecule has 0 aliphatic carbocycles. The van der Waals surface area contributed by atoms with Crippen molar-refractivity contribution in [1.29, 1.82) is 0 Å². The molecule has 0 aromatic heterocycles. The number of nitrogens with two attached hydrogens (primary N) is 1. The third-order valence-electron chi connectivity index (χ3n) is 2.27. The predicted octanol–water partition coefficient (Wildman–Crippen LogP) is 2.86. The third-order valence-corrected chi connectivity index (χ3v) is 2.27. The molecule has 0 amide bonds. The maximum atomic E-state index is 6.02. The Morgan fingerprint density at radius 3 is 2.28 bits per heavy atom. The smallest absolute Gasteiger partial charge is 0.146 e. The zero-order valence-corrected chi connectivity index (χ0v) is 11.6. The molecule has 1 atom stereocenters. The second kappa shape index (κ2) is 7.11. The number of hydrogen-bond donors (Lipinski definition) is 1. The Labute approximate surface area is 109 Å². The first kappa shape index (κ1) is 14.6. The van der Waals surface area contributed by atoms with Crippen molar-refractivity contribution in [1.82, 2.24) is 0 Å². The first-order chi connectivity index (χ1) is 8.54. The Morgan fingerprint density at radius 2 is 1.72 bits per heavy atom. The van der Waals surface area contributed by atoms with Crippen LogP contribution >= 0.6 is 0 Å². The van der Waals surface area contributed by atoms with E-state index in [0.717, 1.165) is 0 Å². The van der Waals surface area contributed by atoms with Crippen molar-refractivity contribution in [2.45, 2.75) is 39.9 Å². The van der Waals surface area contributed by atoms with Crippen LogP contribution in [0.25, 0.3) is 0 Å². The van der Waals surface area contributed by atoms with Gasteiger partial charge in [-0.15, -0.1) is 0 Å². The van der Waals surface area contributed by atoms with E-state index in [1.165, 1.54) is 0 Å². The lowest BCUT2D eigenvalue weighted by Gasteiger charge is -2.18. The highest BCUT2D eigenvalue weighted by molar-refractivity contribution is 5.62. The molecule has 0 aliphatic heterocycles. The highest BCUT2D eigenvalue weighted by Crippen LogP contribution is 2.32. The summed E-state index contributed by atoms with van der Waals surface area (Å²) in [5.41, 5.74) is 6.55. The number of rotatable bonds is 7. The van der Waals surface area contributed by atoms with Crippen molar-refractivity contribution in [3.05, 3.63) is 18.2 Å². The lowest BCUT2D eigenvalue weighted by Crippen LogP contribution is -2.20. The number of para-hydroxylation sites is 1. The van der Waals surface area contributed by atoms with Crippen LogP contribution in [-0.2, 0) is 4.74 Å². The maximum Gasteiger partial charge on any atom is 0.146 e. The monoisotopic (exact) mass is 253 g/mol. The van der Waals surface area contributed by atoms with Gasteiger partial charge in [0.05, 0.1) is 12.7 Å². The van der Waals surface area contributed by atoms with Gasteiger partial charge in [0.15, 0.2) is 0 Å². The van der Waals surface area contributed by atoms with Crippen molar-refractivity contribution >= 4 is 5.69 Å². The van der Waals surface area contributed by atoms with Crippen LogP contribution in [-0.4, -0.2) is 25.4 Å². The summed E-state index contributed by atoms with van der Waals surface area (Å²) in [6, 6.07) is 5.55. The van der Waals surface area contributed by atoms with Crippen LogP contribution in [0.3, 0.4) is 0 Å². The predicted molar refractivity (Wildman–Crippen MR) is 73.2 cm³/mol. The van der Waals surface area contributed by atoms with Crippen molar-refractivity contribution in [2.24, 2.45) is 0 Å². The van der Waals surface area contributed by atoms with Gasteiger partial charge in [-0.25, -0.2) is 0 Å². The molecule has 0 aliphatic rings. The lowest BCUT2D eigenvalue weighted by molar-refractivity contribution is 0.0659. The third kappa shape index (κ3) is 4.45. The van der Waals surface area contributed by atoms with Gasteiger partial charge in [-0.2, -0.15) is 0 Å². The van der Waals surface area contributed by atoms with Gasteiger partial charge in [0.1, 0.15) is 23.3 Å². The van der Waals surface area contributed by atoms with Gasteiger partial charge in [0, 0.05) is 6.61 Å². The molecule has 0 spiro atoms. The topological polar surface area (TPSA) is 53.7 Å². The molecular weight excluding hydrogens is 230 g/mol. The van der Waals surface area contributed by atoms with Crippen LogP contribution in [0.5, 0.6) is 11.5 Å². The van der Waals surface area contributed by atoms with Crippen LogP contribution in [0.4, 0.5) is 5.69 Å². The summed E-state index contributed by atoms with van der Waals surface area (Å²) in [5.74, 6) is 1.30. The summed E-state index contributed by atoms with van der Waals surface area (Å²) in [5, 5.41) is 0. The Hall–Kier alpha value is -1.42. The van der Waals surface area contributed by atoms with E-state index >= 15 is 0 Å². The van der Waals surface area contributed by atoms with E-state index in [4.69, 9.17) is 19.9 Å². The van der Waals surface area contributed by atoms with Crippen molar-refractivity contribution in [3.8, 4) is 11.5 Å². The number of benzene rings is 1. The van der Waals surface area contributed by atoms with E-state index in [1.54, 1.807) is 0 Å². The molecular formula is C14H23NO3. The van der Waals surface area contributed by atoms with Crippen molar-refractivity contribution in [3.63, 3.8) is 0 Å². The molecule has 2 N–H and O–H groups in total.